The van der Waals surface area contributed by atoms with Gasteiger partial charge in [-0.1, -0.05) is 19.3 Å². The molecule has 1 aliphatic rings. The molecule has 0 aliphatic heterocycles. The molecule has 0 spiro atoms. The van der Waals surface area contributed by atoms with Crippen LogP contribution in [0.25, 0.3) is 0 Å². The minimum atomic E-state index is -0.722. The third kappa shape index (κ3) is 5.71. The normalized spacial score (nSPS) is 18.6. The zero-order chi connectivity index (χ0) is 14.3. The van der Waals surface area contributed by atoms with E-state index in [0.717, 1.165) is 12.8 Å². The van der Waals surface area contributed by atoms with E-state index in [1.807, 2.05) is 4.90 Å². The second-order valence-electron chi connectivity index (χ2n) is 5.54. The second-order valence-corrected chi connectivity index (χ2v) is 6.57. The molecule has 0 aromatic heterocycles. The van der Waals surface area contributed by atoms with E-state index in [9.17, 15) is 9.90 Å². The Bertz CT molecular complexity index is 267. The third-order valence-electron chi connectivity index (χ3n) is 3.56. The van der Waals surface area contributed by atoms with Crippen LogP contribution in [0.3, 0.4) is 0 Å². The van der Waals surface area contributed by atoms with E-state index < -0.39 is 6.10 Å². The van der Waals surface area contributed by atoms with Crippen molar-refractivity contribution in [2.75, 3.05) is 18.1 Å². The van der Waals surface area contributed by atoms with Gasteiger partial charge in [0.2, 0.25) is 5.91 Å². The molecule has 0 heterocycles. The number of thioether (sulfide) groups is 1. The number of amides is 1. The van der Waals surface area contributed by atoms with Crippen molar-refractivity contribution in [3.8, 4) is 0 Å². The summed E-state index contributed by atoms with van der Waals surface area (Å²) < 4.78 is 0. The summed E-state index contributed by atoms with van der Waals surface area (Å²) in [6.45, 7) is 3.90. The first kappa shape index (κ1) is 16.8. The van der Waals surface area contributed by atoms with E-state index >= 15 is 0 Å². The first-order valence-corrected chi connectivity index (χ1v) is 8.39. The van der Waals surface area contributed by atoms with Gasteiger partial charge in [0.25, 0.3) is 0 Å². The SMILES string of the molecule is CC(C)N(C(=O)CSCC(O)CO)C1CCCCC1. The highest BCUT2D eigenvalue weighted by molar-refractivity contribution is 7.99. The number of carbonyl (C=O) groups is 1. The van der Waals surface area contributed by atoms with Gasteiger partial charge in [0.1, 0.15) is 0 Å². The lowest BCUT2D eigenvalue weighted by atomic mass is 9.93. The lowest BCUT2D eigenvalue weighted by Gasteiger charge is -2.37. The van der Waals surface area contributed by atoms with E-state index in [1.165, 1.54) is 31.0 Å². The zero-order valence-electron chi connectivity index (χ0n) is 12.0. The Hall–Kier alpha value is -0.260. The molecule has 1 fully saturated rings. The van der Waals surface area contributed by atoms with Crippen molar-refractivity contribution in [3.63, 3.8) is 0 Å². The Morgan fingerprint density at radius 1 is 1.32 bits per heavy atom. The van der Waals surface area contributed by atoms with Gasteiger partial charge in [-0.05, 0) is 26.7 Å². The van der Waals surface area contributed by atoms with Gasteiger partial charge >= 0.3 is 0 Å². The molecule has 0 bridgehead atoms. The summed E-state index contributed by atoms with van der Waals surface area (Å²) in [5, 5.41) is 18.0. The van der Waals surface area contributed by atoms with Gasteiger partial charge in [-0.2, -0.15) is 0 Å². The molecule has 0 saturated heterocycles. The fourth-order valence-electron chi connectivity index (χ4n) is 2.68. The first-order valence-electron chi connectivity index (χ1n) is 7.24. The smallest absolute Gasteiger partial charge is 0.233 e. The molecular formula is C14H27NO3S. The molecule has 0 radical (unpaired) electrons. The van der Waals surface area contributed by atoms with E-state index in [4.69, 9.17) is 5.11 Å². The number of hydrogen-bond donors (Lipinski definition) is 2. The molecule has 2 N–H and O–H groups in total. The molecule has 0 aromatic rings. The Kier molecular flexibility index (Phi) is 7.80. The van der Waals surface area contributed by atoms with Gasteiger partial charge in [-0.15, -0.1) is 11.8 Å². The number of hydrogen-bond acceptors (Lipinski definition) is 4. The van der Waals surface area contributed by atoms with Gasteiger partial charge < -0.3 is 15.1 Å². The summed E-state index contributed by atoms with van der Waals surface area (Å²) in [5.41, 5.74) is 0. The van der Waals surface area contributed by atoms with Crippen LogP contribution in [-0.4, -0.2) is 57.3 Å². The van der Waals surface area contributed by atoms with Gasteiger partial charge in [-0.25, -0.2) is 0 Å². The summed E-state index contributed by atoms with van der Waals surface area (Å²) in [6.07, 6.45) is 5.24. The van der Waals surface area contributed by atoms with Gasteiger partial charge in [0.05, 0.1) is 18.5 Å². The maximum Gasteiger partial charge on any atom is 0.233 e. The van der Waals surface area contributed by atoms with Crippen LogP contribution in [0.5, 0.6) is 0 Å². The van der Waals surface area contributed by atoms with Gasteiger partial charge in [-0.3, -0.25) is 4.79 Å². The summed E-state index contributed by atoms with van der Waals surface area (Å²) in [7, 11) is 0. The Morgan fingerprint density at radius 2 is 1.95 bits per heavy atom. The molecule has 0 aromatic carbocycles. The molecule has 4 nitrogen and oxygen atoms in total. The maximum absolute atomic E-state index is 12.3. The van der Waals surface area contributed by atoms with Crippen molar-refractivity contribution < 1.29 is 15.0 Å². The molecule has 1 aliphatic carbocycles. The van der Waals surface area contributed by atoms with Crippen LogP contribution in [-0.2, 0) is 4.79 Å². The summed E-state index contributed by atoms with van der Waals surface area (Å²) in [6, 6.07) is 0.628. The van der Waals surface area contributed by atoms with Crippen LogP contribution in [0.4, 0.5) is 0 Å². The number of aliphatic hydroxyl groups is 2. The molecule has 1 rings (SSSR count). The predicted octanol–water partition coefficient (Wildman–Crippen LogP) is 1.64. The maximum atomic E-state index is 12.3. The predicted molar refractivity (Wildman–Crippen MR) is 79.3 cm³/mol. The Labute approximate surface area is 120 Å². The van der Waals surface area contributed by atoms with Crippen LogP contribution < -0.4 is 0 Å². The van der Waals surface area contributed by atoms with Crippen LogP contribution in [0.15, 0.2) is 0 Å². The van der Waals surface area contributed by atoms with E-state index in [0.29, 0.717) is 17.5 Å². The third-order valence-corrected chi connectivity index (χ3v) is 4.63. The minimum Gasteiger partial charge on any atom is -0.394 e. The number of carbonyl (C=O) groups excluding carboxylic acids is 1. The van der Waals surface area contributed by atoms with Crippen LogP contribution in [0, 0.1) is 0 Å². The monoisotopic (exact) mass is 289 g/mol. The van der Waals surface area contributed by atoms with Crippen LogP contribution >= 0.6 is 11.8 Å². The summed E-state index contributed by atoms with van der Waals surface area (Å²) >= 11 is 1.40. The first-order chi connectivity index (χ1) is 9.06. The van der Waals surface area contributed by atoms with Crippen molar-refractivity contribution in [1.82, 2.24) is 4.90 Å². The fourth-order valence-corrected chi connectivity index (χ4v) is 3.50. The topological polar surface area (TPSA) is 60.8 Å². The summed E-state index contributed by atoms with van der Waals surface area (Å²) in [5.74, 6) is 0.974. The molecule has 1 atom stereocenters. The molecule has 5 heteroatoms. The Morgan fingerprint density at radius 3 is 2.47 bits per heavy atom. The Balaban J connectivity index is 2.43. The van der Waals surface area contributed by atoms with E-state index in [-0.39, 0.29) is 18.6 Å². The van der Waals surface area contributed by atoms with Crippen molar-refractivity contribution in [2.24, 2.45) is 0 Å². The molecule has 112 valence electrons. The molecule has 19 heavy (non-hydrogen) atoms. The lowest BCUT2D eigenvalue weighted by Crippen LogP contribution is -2.46. The molecule has 1 amide bonds. The highest BCUT2D eigenvalue weighted by Crippen LogP contribution is 2.25. The average molecular weight is 289 g/mol. The highest BCUT2D eigenvalue weighted by atomic mass is 32.2. The quantitative estimate of drug-likeness (QED) is 0.748. The summed E-state index contributed by atoms with van der Waals surface area (Å²) in [4.78, 5) is 14.3. The van der Waals surface area contributed by atoms with Gasteiger partial charge in [0.15, 0.2) is 0 Å². The number of aliphatic hydroxyl groups excluding tert-OH is 2. The van der Waals surface area contributed by atoms with Gasteiger partial charge in [0, 0.05) is 17.8 Å². The zero-order valence-corrected chi connectivity index (χ0v) is 12.9. The van der Waals surface area contributed by atoms with Crippen molar-refractivity contribution in [3.05, 3.63) is 0 Å². The fraction of sp³-hybridized carbons (Fsp3) is 0.929. The lowest BCUT2D eigenvalue weighted by molar-refractivity contribution is -0.133. The molecule has 1 unspecified atom stereocenters. The number of nitrogens with zero attached hydrogens (tertiary/aromatic N) is 1. The van der Waals surface area contributed by atoms with E-state index in [1.54, 1.807) is 0 Å². The van der Waals surface area contributed by atoms with Crippen LogP contribution in [0.1, 0.15) is 46.0 Å². The standard InChI is InChI=1S/C14H27NO3S/c1-11(2)15(12-6-4-3-5-7-12)14(18)10-19-9-13(17)8-16/h11-13,16-17H,3-10H2,1-2H3. The molecule has 1 saturated carbocycles. The van der Waals surface area contributed by atoms with Crippen molar-refractivity contribution in [2.45, 2.75) is 64.1 Å². The average Bonchev–Trinajstić information content (AvgIpc) is 2.39. The van der Waals surface area contributed by atoms with Crippen molar-refractivity contribution >= 4 is 17.7 Å². The van der Waals surface area contributed by atoms with Crippen molar-refractivity contribution in [1.29, 1.82) is 0 Å². The van der Waals surface area contributed by atoms with Crippen LogP contribution in [0.2, 0.25) is 0 Å². The molecular weight excluding hydrogens is 262 g/mol. The minimum absolute atomic E-state index is 0.164. The largest absolute Gasteiger partial charge is 0.394 e. The number of rotatable bonds is 7. The highest BCUT2D eigenvalue weighted by Gasteiger charge is 2.27. The second kappa shape index (κ2) is 8.82. The van der Waals surface area contributed by atoms with E-state index in [2.05, 4.69) is 13.8 Å².